The van der Waals surface area contributed by atoms with Gasteiger partial charge in [-0.25, -0.2) is 0 Å². The standard InChI is InChI=1S/C35H33BrN4O4S/c1-43-29-18-13-24(23-30(29)44-2)19-21-40(34(42)32(25-9-5-3-6-10-25)26-11-7-4-8-12-26)22-20-31(41)37-35-39-38-33(45-35)27-14-16-28(36)17-15-27/h3-18,23,32H,19-22H2,1-2H3,(H,37,39,41). The van der Waals surface area contributed by atoms with Crippen molar-refractivity contribution in [2.75, 3.05) is 32.6 Å². The van der Waals surface area contributed by atoms with Gasteiger partial charge in [0, 0.05) is 29.5 Å². The first kappa shape index (κ1) is 31.9. The fraction of sp³-hybridized carbons (Fsp3) is 0.200. The number of ether oxygens (including phenoxy) is 2. The molecule has 0 aliphatic rings. The largest absolute Gasteiger partial charge is 0.493 e. The Morgan fingerprint density at radius 3 is 2.09 bits per heavy atom. The zero-order valence-corrected chi connectivity index (χ0v) is 27.4. The van der Waals surface area contributed by atoms with Gasteiger partial charge in [-0.15, -0.1) is 10.2 Å². The second-order valence-electron chi connectivity index (χ2n) is 10.2. The van der Waals surface area contributed by atoms with Gasteiger partial charge < -0.3 is 19.7 Å². The number of rotatable bonds is 13. The predicted octanol–water partition coefficient (Wildman–Crippen LogP) is 7.22. The molecule has 2 amide bonds. The van der Waals surface area contributed by atoms with E-state index in [0.717, 1.165) is 26.7 Å². The van der Waals surface area contributed by atoms with Crippen molar-refractivity contribution in [3.05, 3.63) is 124 Å². The molecule has 0 saturated carbocycles. The molecule has 0 atom stereocenters. The highest BCUT2D eigenvalue weighted by atomic mass is 79.9. The van der Waals surface area contributed by atoms with E-state index in [2.05, 4.69) is 31.4 Å². The van der Waals surface area contributed by atoms with Gasteiger partial charge in [0.1, 0.15) is 5.01 Å². The number of amides is 2. The van der Waals surface area contributed by atoms with E-state index in [-0.39, 0.29) is 24.8 Å². The number of halogens is 1. The summed E-state index contributed by atoms with van der Waals surface area (Å²) in [5, 5.41) is 12.4. The second-order valence-corrected chi connectivity index (χ2v) is 12.1. The Balaban J connectivity index is 1.34. The van der Waals surface area contributed by atoms with Crippen molar-refractivity contribution in [3.63, 3.8) is 0 Å². The molecule has 4 aromatic carbocycles. The highest BCUT2D eigenvalue weighted by Gasteiger charge is 2.28. The average Bonchev–Trinajstić information content (AvgIpc) is 3.54. The van der Waals surface area contributed by atoms with Gasteiger partial charge in [-0.1, -0.05) is 106 Å². The molecule has 230 valence electrons. The number of benzene rings is 4. The number of carbonyl (C=O) groups is 2. The lowest BCUT2D eigenvalue weighted by Gasteiger charge is -2.28. The third-order valence-corrected chi connectivity index (χ3v) is 8.73. The van der Waals surface area contributed by atoms with Gasteiger partial charge in [-0.2, -0.15) is 0 Å². The van der Waals surface area contributed by atoms with Crippen LogP contribution in [0.3, 0.4) is 0 Å². The van der Waals surface area contributed by atoms with Crippen molar-refractivity contribution in [2.24, 2.45) is 0 Å². The summed E-state index contributed by atoms with van der Waals surface area (Å²) in [6.45, 7) is 0.636. The van der Waals surface area contributed by atoms with Crippen molar-refractivity contribution in [2.45, 2.75) is 18.8 Å². The molecule has 45 heavy (non-hydrogen) atoms. The lowest BCUT2D eigenvalue weighted by molar-refractivity contribution is -0.132. The molecule has 0 aliphatic carbocycles. The van der Waals surface area contributed by atoms with E-state index < -0.39 is 5.92 Å². The maximum Gasteiger partial charge on any atom is 0.234 e. The topological polar surface area (TPSA) is 93.6 Å². The van der Waals surface area contributed by atoms with E-state index in [1.165, 1.54) is 11.3 Å². The molecule has 0 bridgehead atoms. The van der Waals surface area contributed by atoms with Crippen LogP contribution < -0.4 is 14.8 Å². The van der Waals surface area contributed by atoms with Crippen LogP contribution in [0.15, 0.2) is 108 Å². The molecule has 0 fully saturated rings. The number of hydrogen-bond acceptors (Lipinski definition) is 7. The molecule has 0 saturated heterocycles. The van der Waals surface area contributed by atoms with Crippen molar-refractivity contribution < 1.29 is 19.1 Å². The lowest BCUT2D eigenvalue weighted by Crippen LogP contribution is -2.39. The predicted molar refractivity (Wildman–Crippen MR) is 181 cm³/mol. The van der Waals surface area contributed by atoms with E-state index in [1.807, 2.05) is 103 Å². The maximum atomic E-state index is 14.4. The monoisotopic (exact) mass is 684 g/mol. The van der Waals surface area contributed by atoms with Crippen LogP contribution in [0.4, 0.5) is 5.13 Å². The molecule has 1 heterocycles. The summed E-state index contributed by atoms with van der Waals surface area (Å²) in [5.74, 6) is 0.428. The lowest BCUT2D eigenvalue weighted by atomic mass is 9.90. The minimum Gasteiger partial charge on any atom is -0.493 e. The molecule has 0 aliphatic heterocycles. The smallest absolute Gasteiger partial charge is 0.234 e. The van der Waals surface area contributed by atoms with Crippen LogP contribution in [0.5, 0.6) is 11.5 Å². The summed E-state index contributed by atoms with van der Waals surface area (Å²) in [7, 11) is 3.19. The van der Waals surface area contributed by atoms with Crippen LogP contribution in [0, 0.1) is 0 Å². The van der Waals surface area contributed by atoms with Crippen molar-refractivity contribution in [1.29, 1.82) is 0 Å². The van der Waals surface area contributed by atoms with E-state index in [0.29, 0.717) is 34.6 Å². The Hall–Kier alpha value is -4.54. The number of nitrogens with zero attached hydrogens (tertiary/aromatic N) is 3. The van der Waals surface area contributed by atoms with E-state index in [9.17, 15) is 9.59 Å². The molecule has 0 radical (unpaired) electrons. The maximum absolute atomic E-state index is 14.4. The van der Waals surface area contributed by atoms with Gasteiger partial charge in [0.2, 0.25) is 16.9 Å². The van der Waals surface area contributed by atoms with Crippen LogP contribution in [0.2, 0.25) is 0 Å². The number of carbonyl (C=O) groups excluding carboxylic acids is 2. The van der Waals surface area contributed by atoms with Gasteiger partial charge in [0.05, 0.1) is 20.1 Å². The second kappa shape index (κ2) is 15.5. The van der Waals surface area contributed by atoms with Gasteiger partial charge in [-0.05, 0) is 47.4 Å². The SMILES string of the molecule is COc1ccc(CCN(CCC(=O)Nc2nnc(-c3ccc(Br)cc3)s2)C(=O)C(c2ccccc2)c2ccccc2)cc1OC. The van der Waals surface area contributed by atoms with Crippen LogP contribution in [0.1, 0.15) is 29.0 Å². The minimum atomic E-state index is -0.516. The molecule has 5 rings (SSSR count). The number of nitrogens with one attached hydrogen (secondary N) is 1. The first-order valence-corrected chi connectivity index (χ1v) is 16.0. The summed E-state index contributed by atoms with van der Waals surface area (Å²) >= 11 is 4.74. The molecule has 0 unspecified atom stereocenters. The summed E-state index contributed by atoms with van der Waals surface area (Å²) < 4.78 is 11.8. The molecular formula is C35H33BrN4O4S. The quantitative estimate of drug-likeness (QED) is 0.141. The van der Waals surface area contributed by atoms with E-state index in [4.69, 9.17) is 9.47 Å². The Kier molecular flexibility index (Phi) is 10.9. The highest BCUT2D eigenvalue weighted by Crippen LogP contribution is 2.30. The fourth-order valence-electron chi connectivity index (χ4n) is 4.98. The Morgan fingerprint density at radius 1 is 0.822 bits per heavy atom. The number of aromatic nitrogens is 2. The summed E-state index contributed by atoms with van der Waals surface area (Å²) in [6.07, 6.45) is 0.665. The van der Waals surface area contributed by atoms with Crippen molar-refractivity contribution in [1.82, 2.24) is 15.1 Å². The Morgan fingerprint density at radius 2 is 1.47 bits per heavy atom. The van der Waals surface area contributed by atoms with E-state index in [1.54, 1.807) is 19.1 Å². The van der Waals surface area contributed by atoms with Crippen LogP contribution >= 0.6 is 27.3 Å². The van der Waals surface area contributed by atoms with Gasteiger partial charge in [-0.3, -0.25) is 9.59 Å². The van der Waals surface area contributed by atoms with Crippen LogP contribution in [-0.4, -0.2) is 54.2 Å². The molecule has 0 spiro atoms. The Bertz CT molecular complexity index is 1680. The molecular weight excluding hydrogens is 652 g/mol. The molecule has 1 N–H and O–H groups in total. The first-order valence-electron chi connectivity index (χ1n) is 14.4. The minimum absolute atomic E-state index is 0.0749. The Labute approximate surface area is 275 Å². The van der Waals surface area contributed by atoms with Crippen LogP contribution in [-0.2, 0) is 16.0 Å². The zero-order valence-electron chi connectivity index (χ0n) is 25.0. The summed E-state index contributed by atoms with van der Waals surface area (Å²) in [5.41, 5.74) is 3.68. The van der Waals surface area contributed by atoms with Crippen molar-refractivity contribution in [3.8, 4) is 22.1 Å². The van der Waals surface area contributed by atoms with Gasteiger partial charge in [0.15, 0.2) is 11.5 Å². The molecule has 1 aromatic heterocycles. The fourth-order valence-corrected chi connectivity index (χ4v) is 6.01. The first-order chi connectivity index (χ1) is 21.9. The molecule has 5 aromatic rings. The third-order valence-electron chi connectivity index (χ3n) is 7.31. The summed E-state index contributed by atoms with van der Waals surface area (Å²) in [6, 6.07) is 32.9. The summed E-state index contributed by atoms with van der Waals surface area (Å²) in [4.78, 5) is 29.3. The highest BCUT2D eigenvalue weighted by molar-refractivity contribution is 9.10. The molecule has 10 heteroatoms. The van der Waals surface area contributed by atoms with Gasteiger partial charge in [0.25, 0.3) is 0 Å². The normalized spacial score (nSPS) is 10.8. The van der Waals surface area contributed by atoms with Crippen LogP contribution in [0.25, 0.3) is 10.6 Å². The number of anilines is 1. The third kappa shape index (κ3) is 8.34. The van der Waals surface area contributed by atoms with Gasteiger partial charge >= 0.3 is 0 Å². The number of hydrogen-bond donors (Lipinski definition) is 1. The van der Waals surface area contributed by atoms with E-state index >= 15 is 0 Å². The van der Waals surface area contributed by atoms with Crippen molar-refractivity contribution >= 4 is 44.2 Å². The molecule has 8 nitrogen and oxygen atoms in total. The zero-order chi connectivity index (χ0) is 31.6. The number of methoxy groups -OCH3 is 2. The average molecular weight is 686 g/mol.